The summed E-state index contributed by atoms with van der Waals surface area (Å²) in [6, 6.07) is 13.0. The number of ether oxygens (including phenoxy) is 1. The van der Waals surface area contributed by atoms with Gasteiger partial charge in [0.2, 0.25) is 0 Å². The molecule has 208 valence electrons. The third kappa shape index (κ3) is 8.21. The van der Waals surface area contributed by atoms with Crippen molar-refractivity contribution in [2.24, 2.45) is 5.92 Å². The van der Waals surface area contributed by atoms with E-state index in [4.69, 9.17) is 14.0 Å². The minimum Gasteiger partial charge on any atom is -0.497 e. The molecule has 5 atom stereocenters. The maximum absolute atomic E-state index is 13.4. The van der Waals surface area contributed by atoms with Gasteiger partial charge in [-0.05, 0) is 45.2 Å². The number of hydrogen-bond acceptors (Lipinski definition) is 9. The molecule has 0 unspecified atom stereocenters. The van der Waals surface area contributed by atoms with Crippen LogP contribution in [0.5, 0.6) is 0 Å². The number of ketones is 1. The Kier molecular flexibility index (Phi) is 10.4. The molecule has 1 aliphatic heterocycles. The van der Waals surface area contributed by atoms with Crippen LogP contribution in [-0.4, -0.2) is 65.2 Å². The number of pyridine rings is 1. The van der Waals surface area contributed by atoms with E-state index in [0.29, 0.717) is 12.1 Å². The zero-order valence-electron chi connectivity index (χ0n) is 22.8. The first kappa shape index (κ1) is 30.0. The molecule has 0 aliphatic carbocycles. The third-order valence-electron chi connectivity index (χ3n) is 6.33. The van der Waals surface area contributed by atoms with Crippen LogP contribution in [0.3, 0.4) is 0 Å². The summed E-state index contributed by atoms with van der Waals surface area (Å²) >= 11 is 0. The quantitative estimate of drug-likeness (QED) is 0.437. The average molecular weight is 538 g/mol. The highest BCUT2D eigenvalue weighted by atomic mass is 16.7. The van der Waals surface area contributed by atoms with Crippen LogP contribution in [0.4, 0.5) is 0 Å². The normalized spacial score (nSPS) is 20.2. The van der Waals surface area contributed by atoms with Crippen molar-refractivity contribution in [3.8, 4) is 11.3 Å². The van der Waals surface area contributed by atoms with Gasteiger partial charge in [0, 0.05) is 17.8 Å². The summed E-state index contributed by atoms with van der Waals surface area (Å²) in [5.74, 6) is -3.22. The Bertz CT molecular complexity index is 1150. The molecule has 10 nitrogen and oxygen atoms in total. The Hall–Kier alpha value is -3.57. The summed E-state index contributed by atoms with van der Waals surface area (Å²) in [4.78, 5) is 55.8. The van der Waals surface area contributed by atoms with Crippen molar-refractivity contribution >= 4 is 30.7 Å². The van der Waals surface area contributed by atoms with Gasteiger partial charge in [-0.2, -0.15) is 0 Å². The number of Topliss-reactive ketones (excluding diaryl/α,β-unsaturated/α-hetero) is 1. The number of hydrogen-bond donors (Lipinski definition) is 2. The maximum Gasteiger partial charge on any atom is 0.602 e. The summed E-state index contributed by atoms with van der Waals surface area (Å²) in [5.41, 5.74) is 1.49. The van der Waals surface area contributed by atoms with Gasteiger partial charge in [-0.3, -0.25) is 19.2 Å². The van der Waals surface area contributed by atoms with Crippen molar-refractivity contribution in [1.82, 2.24) is 10.3 Å². The molecule has 1 fully saturated rings. The van der Waals surface area contributed by atoms with Crippen LogP contribution in [0.15, 0.2) is 48.5 Å². The lowest BCUT2D eigenvalue weighted by Gasteiger charge is -2.30. The van der Waals surface area contributed by atoms with Gasteiger partial charge >= 0.3 is 19.1 Å². The highest BCUT2D eigenvalue weighted by Gasteiger charge is 2.44. The van der Waals surface area contributed by atoms with E-state index in [9.17, 15) is 24.3 Å². The molecule has 1 aliphatic rings. The smallest absolute Gasteiger partial charge is 0.497 e. The number of nitrogens with zero attached hydrogens (tertiary/aromatic N) is 1. The molecule has 1 aromatic heterocycles. The highest BCUT2D eigenvalue weighted by molar-refractivity contribution is 6.51. The summed E-state index contributed by atoms with van der Waals surface area (Å²) in [7, 11) is -1.32. The number of amides is 1. The van der Waals surface area contributed by atoms with Crippen molar-refractivity contribution in [3.63, 3.8) is 0 Å². The summed E-state index contributed by atoms with van der Waals surface area (Å²) in [5, 5.41) is 13.0. The predicted octanol–water partition coefficient (Wildman–Crippen LogP) is 2.99. The van der Waals surface area contributed by atoms with Gasteiger partial charge in [-0.25, -0.2) is 4.98 Å². The van der Waals surface area contributed by atoms with E-state index in [2.05, 4.69) is 10.3 Å². The number of carbonyl (C=O) groups excluding carboxylic acids is 4. The summed E-state index contributed by atoms with van der Waals surface area (Å²) < 4.78 is 16.1. The topological polar surface area (TPSA) is 141 Å². The van der Waals surface area contributed by atoms with Crippen LogP contribution in [0.1, 0.15) is 57.9 Å². The molecule has 11 heteroatoms. The number of benzene rings is 1. The third-order valence-corrected chi connectivity index (χ3v) is 6.33. The van der Waals surface area contributed by atoms with E-state index in [1.165, 1.54) is 26.8 Å². The fourth-order valence-electron chi connectivity index (χ4n) is 4.35. The predicted molar refractivity (Wildman–Crippen MR) is 143 cm³/mol. The first-order chi connectivity index (χ1) is 18.5. The fraction of sp³-hybridized carbons (Fsp3) is 0.464. The second-order valence-electron chi connectivity index (χ2n) is 10.2. The summed E-state index contributed by atoms with van der Waals surface area (Å²) in [6.07, 6.45) is -3.06. The van der Waals surface area contributed by atoms with Gasteiger partial charge in [-0.15, -0.1) is 0 Å². The molecule has 1 amide bonds. The monoisotopic (exact) mass is 538 g/mol. The SMILES string of the molecule is CC(C)C[C@H](CC(=O)[C@@H](NC(=O)c1cccc(-c2ccccc2)n1)[C@@H](C)O)B1OC(=O)[C@@H](C)O[C@H](C)C(=O)O1. The van der Waals surface area contributed by atoms with Crippen LogP contribution in [0.2, 0.25) is 5.82 Å². The second-order valence-corrected chi connectivity index (χ2v) is 10.2. The van der Waals surface area contributed by atoms with Crippen molar-refractivity contribution in [1.29, 1.82) is 0 Å². The maximum atomic E-state index is 13.4. The van der Waals surface area contributed by atoms with Gasteiger partial charge in [0.25, 0.3) is 5.91 Å². The fourth-order valence-corrected chi connectivity index (χ4v) is 4.35. The van der Waals surface area contributed by atoms with Gasteiger partial charge in [0.15, 0.2) is 18.0 Å². The van der Waals surface area contributed by atoms with Crippen molar-refractivity contribution < 1.29 is 38.3 Å². The molecule has 0 bridgehead atoms. The molecule has 2 N–H and O–H groups in total. The molecule has 0 spiro atoms. The van der Waals surface area contributed by atoms with Crippen LogP contribution in [0.25, 0.3) is 11.3 Å². The Morgan fingerprint density at radius 1 is 0.974 bits per heavy atom. The lowest BCUT2D eigenvalue weighted by atomic mass is 9.64. The Morgan fingerprint density at radius 3 is 2.15 bits per heavy atom. The molecular formula is C28H35BN2O8. The number of rotatable bonds is 10. The lowest BCUT2D eigenvalue weighted by molar-refractivity contribution is -0.167. The summed E-state index contributed by atoms with van der Waals surface area (Å²) in [6.45, 7) is 8.16. The Balaban J connectivity index is 1.79. The zero-order chi connectivity index (χ0) is 28.7. The number of nitrogens with one attached hydrogen (secondary N) is 1. The van der Waals surface area contributed by atoms with Crippen LogP contribution < -0.4 is 5.32 Å². The van der Waals surface area contributed by atoms with E-state index in [0.717, 1.165) is 5.56 Å². The van der Waals surface area contributed by atoms with E-state index in [1.54, 1.807) is 12.1 Å². The van der Waals surface area contributed by atoms with E-state index in [1.807, 2.05) is 44.2 Å². The standard InChI is InChI=1S/C28H35BN2O8/c1-16(2)14-21(29-38-27(35)18(4)37-19(5)28(36)39-29)15-24(33)25(17(3)32)31-26(34)23-13-9-12-22(30-23)20-10-7-6-8-11-20/h6-13,16-19,21,25,32H,14-15H2,1-5H3,(H,31,34)/t17-,18-,19-,21-,25+/m1/s1. The van der Waals surface area contributed by atoms with Crippen molar-refractivity contribution in [3.05, 3.63) is 54.2 Å². The number of aliphatic hydroxyl groups is 1. The minimum atomic E-state index is -1.32. The minimum absolute atomic E-state index is 0.0567. The lowest BCUT2D eigenvalue weighted by Crippen LogP contribution is -2.50. The van der Waals surface area contributed by atoms with Gasteiger partial charge in [-0.1, -0.05) is 50.2 Å². The first-order valence-corrected chi connectivity index (χ1v) is 13.1. The molecule has 2 aromatic rings. The van der Waals surface area contributed by atoms with Crippen LogP contribution >= 0.6 is 0 Å². The average Bonchev–Trinajstić information content (AvgIpc) is 2.90. The van der Waals surface area contributed by atoms with Crippen LogP contribution in [-0.2, 0) is 28.4 Å². The molecule has 2 heterocycles. The number of aliphatic hydroxyl groups excluding tert-OH is 1. The van der Waals surface area contributed by atoms with Crippen molar-refractivity contribution in [2.45, 2.75) is 77.6 Å². The van der Waals surface area contributed by atoms with E-state index < -0.39 is 60.9 Å². The Labute approximate surface area is 228 Å². The molecule has 39 heavy (non-hydrogen) atoms. The van der Waals surface area contributed by atoms with Crippen LogP contribution in [0, 0.1) is 5.92 Å². The van der Waals surface area contributed by atoms with E-state index in [-0.39, 0.29) is 18.0 Å². The van der Waals surface area contributed by atoms with Gasteiger partial charge < -0.3 is 24.5 Å². The molecule has 0 radical (unpaired) electrons. The van der Waals surface area contributed by atoms with Crippen molar-refractivity contribution in [2.75, 3.05) is 0 Å². The van der Waals surface area contributed by atoms with E-state index >= 15 is 0 Å². The molecule has 3 rings (SSSR count). The van der Waals surface area contributed by atoms with Gasteiger partial charge in [0.05, 0.1) is 11.8 Å². The molecule has 0 saturated carbocycles. The number of carbonyl (C=O) groups is 4. The largest absolute Gasteiger partial charge is 0.602 e. The second kappa shape index (κ2) is 13.5. The Morgan fingerprint density at radius 2 is 1.59 bits per heavy atom. The van der Waals surface area contributed by atoms with Gasteiger partial charge in [0.1, 0.15) is 11.7 Å². The molecule has 1 aromatic carbocycles. The zero-order valence-corrected chi connectivity index (χ0v) is 22.8. The highest BCUT2D eigenvalue weighted by Crippen LogP contribution is 2.29. The number of aromatic nitrogens is 1. The first-order valence-electron chi connectivity index (χ1n) is 13.1. The molecule has 1 saturated heterocycles. The molecular weight excluding hydrogens is 503 g/mol.